The van der Waals surface area contributed by atoms with Crippen molar-refractivity contribution in [3.05, 3.63) is 59.2 Å². The van der Waals surface area contributed by atoms with Crippen LogP contribution < -0.4 is 0 Å². The Bertz CT molecular complexity index is 1250. The summed E-state index contributed by atoms with van der Waals surface area (Å²) in [6, 6.07) is 10.5. The Hall–Kier alpha value is -1.72. The van der Waals surface area contributed by atoms with Gasteiger partial charge in [0.2, 0.25) is 0 Å². The topological polar surface area (TPSA) is 54.0 Å². The van der Waals surface area contributed by atoms with Gasteiger partial charge in [0.1, 0.15) is 24.6 Å². The van der Waals surface area contributed by atoms with Crippen molar-refractivity contribution in [1.82, 2.24) is 0 Å². The number of carbonyl (C=O) groups is 1. The molecule has 3 atom stereocenters. The average Bonchev–Trinajstić information content (AvgIpc) is 3.34. The lowest BCUT2D eigenvalue weighted by atomic mass is 9.80. The number of rotatable bonds is 9. The largest absolute Gasteiger partial charge is 0.489 e. The molecule has 1 aromatic heterocycles. The smallest absolute Gasteiger partial charge is 0.342 e. The summed E-state index contributed by atoms with van der Waals surface area (Å²) in [6.07, 6.45) is 1.82. The molecule has 0 saturated carbocycles. The van der Waals surface area contributed by atoms with Crippen LogP contribution in [0.15, 0.2) is 54.3 Å². The van der Waals surface area contributed by atoms with E-state index in [9.17, 15) is 4.79 Å². The van der Waals surface area contributed by atoms with E-state index in [2.05, 4.69) is 105 Å². The number of benzene rings is 1. The first kappa shape index (κ1) is 30.2. The zero-order valence-electron chi connectivity index (χ0n) is 25.4. The Morgan fingerprint density at radius 2 is 1.72 bits per heavy atom. The highest BCUT2D eigenvalue weighted by Gasteiger charge is 2.64. The van der Waals surface area contributed by atoms with Gasteiger partial charge >= 0.3 is 5.97 Å². The molecule has 0 unspecified atom stereocenters. The fourth-order valence-corrected chi connectivity index (χ4v) is 8.48. The van der Waals surface area contributed by atoms with Gasteiger partial charge < -0.3 is 18.3 Å². The molecule has 2 aromatic rings. The molecule has 0 spiro atoms. The van der Waals surface area contributed by atoms with Crippen LogP contribution in [0.4, 0.5) is 0 Å². The quantitative estimate of drug-likeness (QED) is 0.167. The molecule has 1 aliphatic carbocycles. The van der Waals surface area contributed by atoms with Crippen LogP contribution in [0.2, 0.25) is 36.3 Å². The van der Waals surface area contributed by atoms with Crippen molar-refractivity contribution in [2.75, 3.05) is 0 Å². The maximum atomic E-state index is 13.8. The van der Waals surface area contributed by atoms with Crippen LogP contribution in [-0.4, -0.2) is 40.4 Å². The lowest BCUT2D eigenvalue weighted by Gasteiger charge is -2.46. The Balaban J connectivity index is 1.83. The third kappa shape index (κ3) is 5.60. The molecule has 0 radical (unpaired) electrons. The Kier molecular flexibility index (Phi) is 7.97. The molecule has 5 nitrogen and oxygen atoms in total. The number of allylic oxidation sites excluding steroid dienone is 1. The average molecular weight is 587 g/mol. The van der Waals surface area contributed by atoms with E-state index >= 15 is 0 Å². The highest BCUT2D eigenvalue weighted by Crippen LogP contribution is 2.52. The van der Waals surface area contributed by atoms with Gasteiger partial charge in [0, 0.05) is 21.6 Å². The molecule has 1 aliphatic heterocycles. The van der Waals surface area contributed by atoms with Crippen molar-refractivity contribution in [3.8, 4) is 0 Å². The third-order valence-electron chi connectivity index (χ3n) is 9.12. The summed E-state index contributed by atoms with van der Waals surface area (Å²) in [7, 11) is -4.61. The molecule has 1 saturated heterocycles. The van der Waals surface area contributed by atoms with Crippen molar-refractivity contribution in [2.24, 2.45) is 0 Å². The second-order valence-electron chi connectivity index (χ2n) is 14.0. The van der Waals surface area contributed by atoms with Gasteiger partial charge in [0.25, 0.3) is 0 Å². The highest BCUT2D eigenvalue weighted by molar-refractivity contribution is 7.19. The molecule has 0 N–H and O–H groups in total. The highest BCUT2D eigenvalue weighted by atomic mass is 32.1. The number of hydrogen-bond acceptors (Lipinski definition) is 6. The van der Waals surface area contributed by atoms with Gasteiger partial charge in [-0.2, -0.15) is 0 Å². The molecule has 1 fully saturated rings. The monoisotopic (exact) mass is 586 g/mol. The fourth-order valence-electron chi connectivity index (χ4n) is 4.79. The third-order valence-corrected chi connectivity index (χ3v) is 19.1. The van der Waals surface area contributed by atoms with Gasteiger partial charge in [0.05, 0.1) is 0 Å². The zero-order valence-corrected chi connectivity index (χ0v) is 28.2. The molecule has 39 heavy (non-hydrogen) atoms. The Morgan fingerprint density at radius 1 is 1.08 bits per heavy atom. The van der Waals surface area contributed by atoms with Crippen molar-refractivity contribution in [2.45, 2.75) is 115 Å². The van der Waals surface area contributed by atoms with Crippen LogP contribution in [0.5, 0.6) is 0 Å². The molecule has 2 bridgehead atoms. The van der Waals surface area contributed by atoms with Crippen molar-refractivity contribution in [1.29, 1.82) is 0 Å². The summed E-state index contributed by atoms with van der Waals surface area (Å²) < 4.78 is 28.1. The SMILES string of the molecule is C=CCC1=C(OCc2cc3ccccc3s2)[C@@H](O[Si](C)(C)C(C)(C)C)[C@H]2C[C@]1(O[Si](C)(C)C(C)(C)C)C(=O)O2. The number of carbonyl (C=O) groups excluding carboxylic acids is 1. The molecule has 8 heteroatoms. The minimum Gasteiger partial charge on any atom is -0.489 e. The number of fused-ring (bicyclic) bond motifs is 3. The minimum absolute atomic E-state index is 0.0169. The lowest BCUT2D eigenvalue weighted by molar-refractivity contribution is -0.152. The second-order valence-corrected chi connectivity index (χ2v) is 24.7. The van der Waals surface area contributed by atoms with Crippen molar-refractivity contribution < 1.29 is 23.1 Å². The van der Waals surface area contributed by atoms with E-state index in [1.165, 1.54) is 10.1 Å². The van der Waals surface area contributed by atoms with E-state index in [1.54, 1.807) is 11.3 Å². The molecule has 0 amide bonds. The van der Waals surface area contributed by atoms with Gasteiger partial charge in [-0.1, -0.05) is 65.8 Å². The molecular formula is C31H46O5SSi2. The summed E-state index contributed by atoms with van der Waals surface area (Å²) in [4.78, 5) is 14.9. The van der Waals surface area contributed by atoms with E-state index in [0.717, 1.165) is 10.5 Å². The first-order valence-corrected chi connectivity index (χ1v) is 20.6. The predicted molar refractivity (Wildman–Crippen MR) is 166 cm³/mol. The second kappa shape index (κ2) is 10.3. The summed E-state index contributed by atoms with van der Waals surface area (Å²) in [5.41, 5.74) is -0.365. The molecule has 1 aromatic carbocycles. The summed E-state index contributed by atoms with van der Waals surface area (Å²) in [5, 5.41) is 1.11. The van der Waals surface area contributed by atoms with Crippen LogP contribution in [0.1, 0.15) is 59.3 Å². The molecule has 2 aliphatic rings. The molecular weight excluding hydrogens is 541 g/mol. The molecule has 2 heterocycles. The number of thiophene rings is 1. The minimum atomic E-state index is -2.36. The summed E-state index contributed by atoms with van der Waals surface area (Å²) in [6.45, 7) is 26.5. The van der Waals surface area contributed by atoms with Crippen LogP contribution in [0, 0.1) is 0 Å². The van der Waals surface area contributed by atoms with Gasteiger partial charge in [-0.05, 0) is 60.2 Å². The fraction of sp³-hybridized carbons (Fsp3) is 0.581. The standard InChI is InChI=1S/C31H46O5SSi2/c1-12-15-23-26(33-20-22-18-21-16-13-14-17-25(21)37-22)27(35-38(8,9)29(2,3)4)24-19-31(23,28(32)34-24)36-39(10,11)30(5,6)7/h12-14,16-18,24,27H,1,15,19-20H2,2-11H3/t24-,27+,31-/m1/s1. The van der Waals surface area contributed by atoms with Crippen molar-refractivity contribution in [3.63, 3.8) is 0 Å². The van der Waals surface area contributed by atoms with E-state index < -0.39 is 34.4 Å². The van der Waals surface area contributed by atoms with Crippen LogP contribution in [0.3, 0.4) is 0 Å². The van der Waals surface area contributed by atoms with Gasteiger partial charge in [-0.25, -0.2) is 4.79 Å². The Labute approximate surface area is 240 Å². The van der Waals surface area contributed by atoms with E-state index in [1.807, 2.05) is 6.08 Å². The first-order chi connectivity index (χ1) is 17.9. The zero-order chi connectivity index (χ0) is 29.0. The maximum Gasteiger partial charge on any atom is 0.342 e. The molecule has 4 rings (SSSR count). The number of hydrogen-bond donors (Lipinski definition) is 0. The predicted octanol–water partition coefficient (Wildman–Crippen LogP) is 8.73. The normalized spacial score (nSPS) is 24.3. The van der Waals surface area contributed by atoms with Gasteiger partial charge in [-0.15, -0.1) is 17.9 Å². The van der Waals surface area contributed by atoms with E-state index in [4.69, 9.17) is 18.3 Å². The maximum absolute atomic E-state index is 13.8. The number of ether oxygens (including phenoxy) is 2. The van der Waals surface area contributed by atoms with Crippen LogP contribution in [-0.2, 0) is 29.7 Å². The molecule has 214 valence electrons. The van der Waals surface area contributed by atoms with E-state index in [0.29, 0.717) is 25.2 Å². The van der Waals surface area contributed by atoms with Gasteiger partial charge in [0.15, 0.2) is 22.2 Å². The van der Waals surface area contributed by atoms with Crippen LogP contribution >= 0.6 is 11.3 Å². The van der Waals surface area contributed by atoms with Crippen LogP contribution in [0.25, 0.3) is 10.1 Å². The van der Waals surface area contributed by atoms with Crippen molar-refractivity contribution >= 4 is 44.0 Å². The summed E-state index contributed by atoms with van der Waals surface area (Å²) in [5.74, 6) is 0.372. The Morgan fingerprint density at radius 3 is 2.31 bits per heavy atom. The lowest BCUT2D eigenvalue weighted by Crippen LogP contribution is -2.56. The first-order valence-electron chi connectivity index (χ1n) is 14.0. The van der Waals surface area contributed by atoms with E-state index in [-0.39, 0.29) is 16.0 Å². The van der Waals surface area contributed by atoms with Gasteiger partial charge in [-0.3, -0.25) is 0 Å². The summed E-state index contributed by atoms with van der Waals surface area (Å²) >= 11 is 1.73. The number of esters is 1.